The summed E-state index contributed by atoms with van der Waals surface area (Å²) in [6, 6.07) is 0.125. The van der Waals surface area contributed by atoms with E-state index >= 15 is 0 Å². The van der Waals surface area contributed by atoms with E-state index in [1.165, 1.54) is 7.11 Å². The first kappa shape index (κ1) is 13.1. The molecule has 1 saturated carbocycles. The highest BCUT2D eigenvalue weighted by Gasteiger charge is 2.63. The Morgan fingerprint density at radius 2 is 2.11 bits per heavy atom. The molecule has 1 saturated heterocycles. The van der Waals surface area contributed by atoms with Crippen molar-refractivity contribution in [2.45, 2.75) is 52.2 Å². The van der Waals surface area contributed by atoms with Crippen LogP contribution < -0.4 is 0 Å². The van der Waals surface area contributed by atoms with Crippen LogP contribution in [-0.4, -0.2) is 34.9 Å². The molecule has 1 N–H and O–H groups in total. The van der Waals surface area contributed by atoms with Gasteiger partial charge in [-0.15, -0.1) is 0 Å². The van der Waals surface area contributed by atoms with E-state index in [1.54, 1.807) is 4.90 Å². The summed E-state index contributed by atoms with van der Waals surface area (Å²) in [6.07, 6.45) is 1.19. The smallest absolute Gasteiger partial charge is 0.415 e. The topological polar surface area (TPSA) is 59.0 Å². The number of rotatable bonds is 1. The number of carbonyl (C=O) groups is 1. The highest BCUT2D eigenvalue weighted by Crippen LogP contribution is 2.61. The van der Waals surface area contributed by atoms with Crippen LogP contribution in [0.25, 0.3) is 0 Å². The van der Waals surface area contributed by atoms with Crippen LogP contribution >= 0.6 is 0 Å². The predicted molar refractivity (Wildman–Crippen MR) is 65.9 cm³/mol. The molecule has 0 aromatic carbocycles. The lowest BCUT2D eigenvalue weighted by Crippen LogP contribution is -2.36. The van der Waals surface area contributed by atoms with Crippen molar-refractivity contribution in [2.75, 3.05) is 7.11 Å². The van der Waals surface area contributed by atoms with Crippen LogP contribution in [0.4, 0.5) is 4.79 Å². The molecule has 2 aliphatic rings. The molecular formula is C13H21NO4. The van der Waals surface area contributed by atoms with Gasteiger partial charge in [-0.1, -0.05) is 6.92 Å². The first-order chi connectivity index (χ1) is 8.18. The van der Waals surface area contributed by atoms with Gasteiger partial charge in [0.2, 0.25) is 0 Å². The number of aliphatic hydroxyl groups excluding tert-OH is 1. The zero-order valence-corrected chi connectivity index (χ0v) is 11.6. The quantitative estimate of drug-likeness (QED) is 0.732. The fourth-order valence-corrected chi connectivity index (χ4v) is 2.48. The summed E-state index contributed by atoms with van der Waals surface area (Å²) in [5, 5.41) is 9.74. The van der Waals surface area contributed by atoms with Crippen LogP contribution in [0.1, 0.15) is 40.5 Å². The minimum absolute atomic E-state index is 0.0682. The monoisotopic (exact) mass is 255 g/mol. The summed E-state index contributed by atoms with van der Waals surface area (Å²) in [7, 11) is 1.39. The summed E-state index contributed by atoms with van der Waals surface area (Å²) in [4.78, 5) is 13.7. The number of methoxy groups -OCH3 is 1. The molecule has 1 amide bonds. The summed E-state index contributed by atoms with van der Waals surface area (Å²) in [5.41, 5.74) is 0.0582. The molecule has 0 aromatic heterocycles. The lowest BCUT2D eigenvalue weighted by molar-refractivity contribution is 0.0273. The number of carbonyl (C=O) groups excluding carboxylic acids is 1. The van der Waals surface area contributed by atoms with Crippen LogP contribution in [0.15, 0.2) is 11.6 Å². The van der Waals surface area contributed by atoms with Gasteiger partial charge in [-0.2, -0.15) is 0 Å². The second-order valence-corrected chi connectivity index (χ2v) is 6.36. The first-order valence-electron chi connectivity index (χ1n) is 6.16. The van der Waals surface area contributed by atoms with E-state index in [4.69, 9.17) is 9.47 Å². The number of amides is 1. The van der Waals surface area contributed by atoms with Crippen molar-refractivity contribution in [3.8, 4) is 0 Å². The number of aliphatic hydroxyl groups is 1. The van der Waals surface area contributed by atoms with Gasteiger partial charge in [0.25, 0.3) is 5.95 Å². The van der Waals surface area contributed by atoms with E-state index in [0.717, 1.165) is 6.42 Å². The van der Waals surface area contributed by atoms with Gasteiger partial charge in [-0.05, 0) is 32.6 Å². The lowest BCUT2D eigenvalue weighted by atomic mass is 10.1. The molecule has 1 heterocycles. The molecule has 2 atom stereocenters. The van der Waals surface area contributed by atoms with E-state index < -0.39 is 11.7 Å². The molecule has 5 heteroatoms. The van der Waals surface area contributed by atoms with Crippen LogP contribution in [0.5, 0.6) is 0 Å². The average molecular weight is 255 g/mol. The van der Waals surface area contributed by atoms with Gasteiger partial charge in [0, 0.05) is 12.5 Å². The van der Waals surface area contributed by atoms with Gasteiger partial charge in [0.15, 0.2) is 0 Å². The van der Waals surface area contributed by atoms with Gasteiger partial charge < -0.3 is 14.6 Å². The second kappa shape index (κ2) is 3.80. The SMILES string of the molecule is CO/C(O)=C1/C[C@@]2(C)C[C@H]2N1C(=O)OC(C)(C)C. The number of piperidine rings is 1. The van der Waals surface area contributed by atoms with Gasteiger partial charge in [0.05, 0.1) is 7.11 Å². The summed E-state index contributed by atoms with van der Waals surface area (Å²) < 4.78 is 10.2. The van der Waals surface area contributed by atoms with Crippen molar-refractivity contribution in [3.05, 3.63) is 11.6 Å². The number of fused-ring (bicyclic) bond motifs is 1. The molecule has 1 aliphatic heterocycles. The largest absolute Gasteiger partial charge is 0.480 e. The molecule has 0 unspecified atom stereocenters. The van der Waals surface area contributed by atoms with Crippen LogP contribution in [0.2, 0.25) is 0 Å². The van der Waals surface area contributed by atoms with Crippen LogP contribution in [-0.2, 0) is 9.47 Å². The molecule has 0 radical (unpaired) electrons. The Kier molecular flexibility index (Phi) is 2.76. The maximum atomic E-state index is 12.2. The fourth-order valence-electron chi connectivity index (χ4n) is 2.48. The molecule has 2 fully saturated rings. The van der Waals surface area contributed by atoms with Crippen molar-refractivity contribution < 1.29 is 19.4 Å². The van der Waals surface area contributed by atoms with Crippen molar-refractivity contribution in [2.24, 2.45) is 5.41 Å². The zero-order valence-electron chi connectivity index (χ0n) is 11.6. The normalized spacial score (nSPS) is 32.9. The Bertz CT molecular complexity index is 410. The van der Waals surface area contributed by atoms with Gasteiger partial charge in [-0.25, -0.2) is 4.79 Å². The van der Waals surface area contributed by atoms with Crippen molar-refractivity contribution >= 4 is 6.09 Å². The third-order valence-electron chi connectivity index (χ3n) is 3.51. The fraction of sp³-hybridized carbons (Fsp3) is 0.769. The standard InChI is InChI=1S/C13H21NO4/c1-12(2,3)18-11(16)14-8(10(15)17-5)6-13(4)7-9(13)14/h9,15H,6-7H2,1-5H3/b10-8-/t9-,13+/m1/s1. The molecule has 5 nitrogen and oxygen atoms in total. The van der Waals surface area contributed by atoms with Gasteiger partial charge in [-0.3, -0.25) is 4.90 Å². The molecular weight excluding hydrogens is 234 g/mol. The highest BCUT2D eigenvalue weighted by molar-refractivity contribution is 5.73. The number of hydrogen-bond acceptors (Lipinski definition) is 4. The maximum absolute atomic E-state index is 12.2. The number of likely N-dealkylation sites (tertiary alicyclic amines) is 1. The highest BCUT2D eigenvalue weighted by atomic mass is 16.6. The summed E-state index contributed by atoms with van der Waals surface area (Å²) in [6.45, 7) is 7.58. The molecule has 18 heavy (non-hydrogen) atoms. The molecule has 102 valence electrons. The third kappa shape index (κ3) is 2.13. The van der Waals surface area contributed by atoms with E-state index in [2.05, 4.69) is 6.92 Å². The van der Waals surface area contributed by atoms with Gasteiger partial charge in [0.1, 0.15) is 11.3 Å². The molecule has 2 rings (SSSR count). The summed E-state index contributed by atoms with van der Waals surface area (Å²) >= 11 is 0. The Morgan fingerprint density at radius 1 is 1.50 bits per heavy atom. The van der Waals surface area contributed by atoms with Crippen LogP contribution in [0.3, 0.4) is 0 Å². The molecule has 0 spiro atoms. The Morgan fingerprint density at radius 3 is 2.61 bits per heavy atom. The van der Waals surface area contributed by atoms with Gasteiger partial charge >= 0.3 is 6.09 Å². The average Bonchev–Trinajstić information content (AvgIpc) is 2.77. The summed E-state index contributed by atoms with van der Waals surface area (Å²) in [5.74, 6) is -0.186. The number of hydrogen-bond donors (Lipinski definition) is 1. The third-order valence-corrected chi connectivity index (χ3v) is 3.51. The van der Waals surface area contributed by atoms with E-state index in [0.29, 0.717) is 12.1 Å². The van der Waals surface area contributed by atoms with Crippen LogP contribution in [0, 0.1) is 5.41 Å². The van der Waals surface area contributed by atoms with E-state index in [-0.39, 0.29) is 17.4 Å². The lowest BCUT2D eigenvalue weighted by Gasteiger charge is -2.26. The number of allylic oxidation sites excluding steroid dienone is 1. The maximum Gasteiger partial charge on any atom is 0.415 e. The second-order valence-electron chi connectivity index (χ2n) is 6.36. The Balaban J connectivity index is 2.22. The number of ether oxygens (including phenoxy) is 2. The molecule has 0 aromatic rings. The Hall–Kier alpha value is -1.39. The zero-order chi connectivity index (χ0) is 13.7. The predicted octanol–water partition coefficient (Wildman–Crippen LogP) is 2.78. The number of nitrogens with zero attached hydrogens (tertiary/aromatic N) is 1. The minimum atomic E-state index is -0.543. The Labute approximate surface area is 107 Å². The van der Waals surface area contributed by atoms with Crippen molar-refractivity contribution in [3.63, 3.8) is 0 Å². The van der Waals surface area contributed by atoms with Crippen molar-refractivity contribution in [1.29, 1.82) is 0 Å². The first-order valence-corrected chi connectivity index (χ1v) is 6.16. The molecule has 1 aliphatic carbocycles. The van der Waals surface area contributed by atoms with E-state index in [9.17, 15) is 9.90 Å². The minimum Gasteiger partial charge on any atom is -0.480 e. The van der Waals surface area contributed by atoms with Crippen molar-refractivity contribution in [1.82, 2.24) is 4.90 Å². The van der Waals surface area contributed by atoms with E-state index in [1.807, 2.05) is 20.8 Å². The molecule has 0 bridgehead atoms.